The summed E-state index contributed by atoms with van der Waals surface area (Å²) in [7, 11) is 3.05. The molecule has 0 N–H and O–H groups in total. The predicted octanol–water partition coefficient (Wildman–Crippen LogP) is 3.48. The van der Waals surface area contributed by atoms with Crippen LogP contribution in [0, 0.1) is 5.92 Å². The van der Waals surface area contributed by atoms with E-state index in [1.807, 2.05) is 0 Å². The third-order valence-electron chi connectivity index (χ3n) is 5.30. The first-order valence-electron chi connectivity index (χ1n) is 9.26. The Balaban J connectivity index is 1.72. The van der Waals surface area contributed by atoms with E-state index in [0.717, 1.165) is 29.7 Å². The number of ketones is 1. The van der Waals surface area contributed by atoms with Gasteiger partial charge in [0.25, 0.3) is 5.56 Å². The van der Waals surface area contributed by atoms with Gasteiger partial charge in [0.1, 0.15) is 16.3 Å². The van der Waals surface area contributed by atoms with Gasteiger partial charge in [-0.2, -0.15) is 0 Å². The number of carbonyl (C=O) groups is 1. The summed E-state index contributed by atoms with van der Waals surface area (Å²) in [6.45, 7) is 2.14. The first-order valence-corrected chi connectivity index (χ1v) is 10.1. The van der Waals surface area contributed by atoms with Crippen molar-refractivity contribution in [1.82, 2.24) is 9.55 Å². The second kappa shape index (κ2) is 7.39. The van der Waals surface area contributed by atoms with Crippen molar-refractivity contribution in [3.63, 3.8) is 0 Å². The number of thiophene rings is 1. The summed E-state index contributed by atoms with van der Waals surface area (Å²) in [5, 5.41) is 0.680. The lowest BCUT2D eigenvalue weighted by Gasteiger charge is -2.17. The van der Waals surface area contributed by atoms with Gasteiger partial charge in [-0.1, -0.05) is 6.92 Å². The minimum Gasteiger partial charge on any atom is -0.497 e. The van der Waals surface area contributed by atoms with E-state index in [1.54, 1.807) is 36.6 Å². The first-order chi connectivity index (χ1) is 13.5. The van der Waals surface area contributed by atoms with Gasteiger partial charge in [0, 0.05) is 4.88 Å². The molecule has 1 aliphatic rings. The summed E-state index contributed by atoms with van der Waals surface area (Å²) < 4.78 is 11.9. The molecule has 4 rings (SSSR count). The van der Waals surface area contributed by atoms with Crippen LogP contribution in [0.5, 0.6) is 11.5 Å². The Hall–Kier alpha value is -2.67. The summed E-state index contributed by atoms with van der Waals surface area (Å²) >= 11 is 1.61. The van der Waals surface area contributed by atoms with E-state index in [9.17, 15) is 9.59 Å². The Morgan fingerprint density at radius 1 is 1.32 bits per heavy atom. The summed E-state index contributed by atoms with van der Waals surface area (Å²) in [5.41, 5.74) is 1.36. The van der Waals surface area contributed by atoms with E-state index in [4.69, 9.17) is 9.47 Å². The molecular weight excluding hydrogens is 376 g/mol. The minimum atomic E-state index is -0.225. The first kappa shape index (κ1) is 18.7. The molecule has 3 aromatic rings. The molecule has 28 heavy (non-hydrogen) atoms. The molecule has 0 radical (unpaired) electrons. The highest BCUT2D eigenvalue weighted by Gasteiger charge is 2.24. The van der Waals surface area contributed by atoms with Crippen LogP contribution in [0.25, 0.3) is 10.2 Å². The Labute approximate surface area is 166 Å². The molecule has 1 aliphatic carbocycles. The summed E-state index contributed by atoms with van der Waals surface area (Å²) in [4.78, 5) is 32.5. The quantitative estimate of drug-likeness (QED) is 0.616. The zero-order valence-electron chi connectivity index (χ0n) is 16.2. The molecule has 0 amide bonds. The van der Waals surface area contributed by atoms with Gasteiger partial charge in [-0.05, 0) is 48.9 Å². The maximum absolute atomic E-state index is 13.1. The zero-order valence-corrected chi connectivity index (χ0v) is 17.0. The number of hydrogen-bond acceptors (Lipinski definition) is 6. The minimum absolute atomic E-state index is 0.0909. The highest BCUT2D eigenvalue weighted by Crippen LogP contribution is 2.35. The number of rotatable bonds is 5. The molecular formula is C21H22N2O4S. The largest absolute Gasteiger partial charge is 0.497 e. The topological polar surface area (TPSA) is 70.4 Å². The van der Waals surface area contributed by atoms with E-state index >= 15 is 0 Å². The third-order valence-corrected chi connectivity index (χ3v) is 6.47. The fourth-order valence-electron chi connectivity index (χ4n) is 3.75. The standard InChI is InChI=1S/C21H22N2O4S/c1-12-4-6-14-18(8-12)28-20-19(14)21(25)23(11-22-20)10-16(24)15-9-13(26-2)5-7-17(15)27-3/h5,7,9,11-12H,4,6,8,10H2,1-3H3/t12-/m1/s1. The maximum atomic E-state index is 13.1. The van der Waals surface area contributed by atoms with E-state index in [-0.39, 0.29) is 17.9 Å². The van der Waals surface area contributed by atoms with E-state index < -0.39 is 0 Å². The number of Topliss-reactive ketones (excluding diaryl/α,β-unsaturated/α-hetero) is 1. The van der Waals surface area contributed by atoms with Crippen LogP contribution in [0.1, 0.15) is 34.1 Å². The van der Waals surface area contributed by atoms with Crippen LogP contribution in [-0.4, -0.2) is 29.6 Å². The number of aryl methyl sites for hydroxylation is 1. The van der Waals surface area contributed by atoms with Gasteiger partial charge >= 0.3 is 0 Å². The van der Waals surface area contributed by atoms with Crippen molar-refractivity contribution in [3.05, 3.63) is 50.9 Å². The molecule has 0 fully saturated rings. The molecule has 1 atom stereocenters. The number of benzene rings is 1. The van der Waals surface area contributed by atoms with Crippen LogP contribution in [0.15, 0.2) is 29.3 Å². The van der Waals surface area contributed by atoms with Crippen LogP contribution in [0.2, 0.25) is 0 Å². The van der Waals surface area contributed by atoms with Gasteiger partial charge in [0.15, 0.2) is 5.78 Å². The molecule has 0 aliphatic heterocycles. The van der Waals surface area contributed by atoms with Gasteiger partial charge < -0.3 is 9.47 Å². The van der Waals surface area contributed by atoms with Crippen LogP contribution in [0.4, 0.5) is 0 Å². The van der Waals surface area contributed by atoms with E-state index in [2.05, 4.69) is 11.9 Å². The van der Waals surface area contributed by atoms with Crippen LogP contribution < -0.4 is 15.0 Å². The van der Waals surface area contributed by atoms with Crippen molar-refractivity contribution in [3.8, 4) is 11.5 Å². The van der Waals surface area contributed by atoms with Crippen molar-refractivity contribution in [2.75, 3.05) is 14.2 Å². The van der Waals surface area contributed by atoms with E-state index in [1.165, 1.54) is 22.9 Å². The molecule has 0 bridgehead atoms. The molecule has 1 aromatic carbocycles. The van der Waals surface area contributed by atoms with E-state index in [0.29, 0.717) is 28.4 Å². The number of fused-ring (bicyclic) bond motifs is 3. The van der Waals surface area contributed by atoms with Crippen molar-refractivity contribution in [2.45, 2.75) is 32.7 Å². The molecule has 2 aromatic heterocycles. The summed E-state index contributed by atoms with van der Waals surface area (Å²) in [6.07, 6.45) is 4.44. The van der Waals surface area contributed by atoms with Gasteiger partial charge in [0.05, 0.1) is 38.0 Å². The Morgan fingerprint density at radius 3 is 2.89 bits per heavy atom. The Kier molecular flexibility index (Phi) is 4.93. The van der Waals surface area contributed by atoms with Gasteiger partial charge in [-0.3, -0.25) is 14.2 Å². The van der Waals surface area contributed by atoms with Crippen molar-refractivity contribution < 1.29 is 14.3 Å². The number of methoxy groups -OCH3 is 2. The smallest absolute Gasteiger partial charge is 0.262 e. The van der Waals surface area contributed by atoms with Crippen LogP contribution >= 0.6 is 11.3 Å². The highest BCUT2D eigenvalue weighted by molar-refractivity contribution is 7.18. The maximum Gasteiger partial charge on any atom is 0.262 e. The molecule has 6 nitrogen and oxygen atoms in total. The Bertz CT molecular complexity index is 1120. The fraction of sp³-hybridized carbons (Fsp3) is 0.381. The molecule has 0 unspecified atom stereocenters. The third kappa shape index (κ3) is 3.20. The van der Waals surface area contributed by atoms with Gasteiger partial charge in [-0.15, -0.1) is 11.3 Å². The molecule has 146 valence electrons. The van der Waals surface area contributed by atoms with Gasteiger partial charge in [0.2, 0.25) is 0 Å². The van der Waals surface area contributed by atoms with Crippen molar-refractivity contribution >= 4 is 27.3 Å². The Morgan fingerprint density at radius 2 is 2.14 bits per heavy atom. The molecule has 7 heteroatoms. The second-order valence-electron chi connectivity index (χ2n) is 7.20. The number of hydrogen-bond donors (Lipinski definition) is 0. The number of carbonyl (C=O) groups excluding carboxylic acids is 1. The van der Waals surface area contributed by atoms with Crippen LogP contribution in [0.3, 0.4) is 0 Å². The lowest BCUT2D eigenvalue weighted by atomic mass is 9.89. The lowest BCUT2D eigenvalue weighted by molar-refractivity contribution is 0.0967. The normalized spacial score (nSPS) is 16.0. The number of aromatic nitrogens is 2. The summed E-state index contributed by atoms with van der Waals surface area (Å²) in [5.74, 6) is 1.42. The summed E-state index contributed by atoms with van der Waals surface area (Å²) in [6, 6.07) is 5.05. The molecule has 0 saturated carbocycles. The average molecular weight is 398 g/mol. The monoisotopic (exact) mass is 398 g/mol. The second-order valence-corrected chi connectivity index (χ2v) is 8.28. The average Bonchev–Trinajstić information content (AvgIpc) is 3.07. The van der Waals surface area contributed by atoms with Gasteiger partial charge in [-0.25, -0.2) is 4.98 Å². The number of nitrogens with zero attached hydrogens (tertiary/aromatic N) is 2. The van der Waals surface area contributed by atoms with Crippen molar-refractivity contribution in [1.29, 1.82) is 0 Å². The lowest BCUT2D eigenvalue weighted by Crippen LogP contribution is -2.25. The predicted molar refractivity (Wildman–Crippen MR) is 109 cm³/mol. The molecule has 0 spiro atoms. The fourth-order valence-corrected chi connectivity index (χ4v) is 5.09. The molecule has 0 saturated heterocycles. The van der Waals surface area contributed by atoms with Crippen molar-refractivity contribution in [2.24, 2.45) is 5.92 Å². The molecule has 2 heterocycles. The van der Waals surface area contributed by atoms with Crippen LogP contribution in [-0.2, 0) is 19.4 Å². The number of ether oxygens (including phenoxy) is 2. The zero-order chi connectivity index (χ0) is 19.8. The highest BCUT2D eigenvalue weighted by atomic mass is 32.1. The SMILES string of the molecule is COc1ccc(OC)c(C(=O)Cn2cnc3sc4c(c3c2=O)CC[C@@H](C)C4)c1.